The lowest BCUT2D eigenvalue weighted by Crippen LogP contribution is -2.29. The average Bonchev–Trinajstić information content (AvgIpc) is 2.45. The summed E-state index contributed by atoms with van der Waals surface area (Å²) in [5, 5.41) is 10.9. The predicted octanol–water partition coefficient (Wildman–Crippen LogP) is 1.04. The first-order valence-corrected chi connectivity index (χ1v) is 5.69. The van der Waals surface area contributed by atoms with E-state index in [4.69, 9.17) is 0 Å². The number of aromatic nitrogens is 2. The molecule has 8 nitrogen and oxygen atoms in total. The fraction of sp³-hybridized carbons (Fsp3) is 0.250. The number of rotatable bonds is 3. The number of non-ortho nitro benzene ring substituents is 1. The zero-order chi connectivity index (χ0) is 14.9. The number of carbonyl (C=O) groups is 1. The molecule has 0 aliphatic carbocycles. The van der Waals surface area contributed by atoms with Gasteiger partial charge in [-0.3, -0.25) is 19.5 Å². The van der Waals surface area contributed by atoms with Crippen LogP contribution < -0.4 is 5.56 Å². The van der Waals surface area contributed by atoms with E-state index in [1.807, 2.05) is 0 Å². The number of nitro benzene ring substituents is 1. The molecule has 104 valence electrons. The van der Waals surface area contributed by atoms with Crippen LogP contribution >= 0.6 is 0 Å². The highest BCUT2D eigenvalue weighted by atomic mass is 16.6. The number of hydrogen-bond acceptors (Lipinski definition) is 6. The first kappa shape index (κ1) is 13.7. The molecule has 0 aliphatic heterocycles. The van der Waals surface area contributed by atoms with Crippen molar-refractivity contribution in [3.05, 3.63) is 45.0 Å². The second-order valence-corrected chi connectivity index (χ2v) is 4.11. The van der Waals surface area contributed by atoms with Crippen molar-refractivity contribution in [3.63, 3.8) is 0 Å². The maximum Gasteiger partial charge on any atom is 0.328 e. The van der Waals surface area contributed by atoms with Gasteiger partial charge in [0.1, 0.15) is 6.04 Å². The Kier molecular flexibility index (Phi) is 3.47. The zero-order valence-corrected chi connectivity index (χ0v) is 10.8. The number of fused-ring (bicyclic) bond motifs is 1. The Hall–Kier alpha value is -2.77. The van der Waals surface area contributed by atoms with Gasteiger partial charge in [-0.05, 0) is 13.0 Å². The largest absolute Gasteiger partial charge is 0.467 e. The van der Waals surface area contributed by atoms with E-state index in [0.717, 1.165) is 4.57 Å². The maximum atomic E-state index is 12.2. The van der Waals surface area contributed by atoms with E-state index in [2.05, 4.69) is 9.72 Å². The van der Waals surface area contributed by atoms with Gasteiger partial charge < -0.3 is 4.74 Å². The Morgan fingerprint density at radius 2 is 2.20 bits per heavy atom. The zero-order valence-electron chi connectivity index (χ0n) is 10.8. The molecule has 0 spiro atoms. The summed E-state index contributed by atoms with van der Waals surface area (Å²) in [6.45, 7) is 1.51. The second-order valence-electron chi connectivity index (χ2n) is 4.11. The third kappa shape index (κ3) is 2.22. The van der Waals surface area contributed by atoms with Crippen molar-refractivity contribution < 1.29 is 14.5 Å². The van der Waals surface area contributed by atoms with Crippen molar-refractivity contribution >= 4 is 22.6 Å². The van der Waals surface area contributed by atoms with E-state index < -0.39 is 22.5 Å². The number of benzene rings is 1. The minimum atomic E-state index is -0.820. The van der Waals surface area contributed by atoms with Gasteiger partial charge in [0.05, 0.1) is 29.3 Å². The standard InChI is InChI=1S/C12H11N3O5/c1-7(12(17)20-2)14-6-13-10-5-8(15(18)19)3-4-9(10)11(14)16/h3-7H,1-2H3. The van der Waals surface area contributed by atoms with Crippen LogP contribution in [0, 0.1) is 10.1 Å². The van der Waals surface area contributed by atoms with Crippen molar-refractivity contribution in [2.45, 2.75) is 13.0 Å². The average molecular weight is 277 g/mol. The summed E-state index contributed by atoms with van der Waals surface area (Å²) in [4.78, 5) is 37.7. The van der Waals surface area contributed by atoms with E-state index >= 15 is 0 Å². The Balaban J connectivity index is 2.60. The van der Waals surface area contributed by atoms with Crippen LogP contribution in [0.15, 0.2) is 29.3 Å². The molecule has 1 unspecified atom stereocenters. The van der Waals surface area contributed by atoms with E-state index in [1.165, 1.54) is 38.6 Å². The molecule has 20 heavy (non-hydrogen) atoms. The molecule has 0 amide bonds. The molecule has 0 radical (unpaired) electrons. The first-order valence-electron chi connectivity index (χ1n) is 5.69. The molecular formula is C12H11N3O5. The molecule has 1 aromatic heterocycles. The minimum Gasteiger partial charge on any atom is -0.467 e. The third-order valence-electron chi connectivity index (χ3n) is 2.94. The van der Waals surface area contributed by atoms with Crippen LogP contribution in [-0.4, -0.2) is 27.6 Å². The smallest absolute Gasteiger partial charge is 0.328 e. The Labute approximate surface area is 112 Å². The molecule has 8 heteroatoms. The van der Waals surface area contributed by atoms with Crippen LogP contribution in [0.5, 0.6) is 0 Å². The van der Waals surface area contributed by atoms with E-state index in [0.29, 0.717) is 0 Å². The van der Waals surface area contributed by atoms with Crippen LogP contribution in [0.4, 0.5) is 5.69 Å². The van der Waals surface area contributed by atoms with Crippen molar-refractivity contribution in [2.24, 2.45) is 0 Å². The first-order chi connectivity index (χ1) is 9.45. The summed E-state index contributed by atoms with van der Waals surface area (Å²) in [7, 11) is 1.22. The quantitative estimate of drug-likeness (QED) is 0.471. The number of nitrogens with zero attached hydrogens (tertiary/aromatic N) is 3. The van der Waals surface area contributed by atoms with Crippen LogP contribution in [0.1, 0.15) is 13.0 Å². The highest BCUT2D eigenvalue weighted by Gasteiger charge is 2.18. The molecule has 0 saturated carbocycles. The normalized spacial score (nSPS) is 12.1. The summed E-state index contributed by atoms with van der Waals surface area (Å²) in [5.74, 6) is -0.574. The van der Waals surface area contributed by atoms with Crippen molar-refractivity contribution in [1.82, 2.24) is 9.55 Å². The highest BCUT2D eigenvalue weighted by Crippen LogP contribution is 2.17. The van der Waals surface area contributed by atoms with Crippen LogP contribution in [-0.2, 0) is 9.53 Å². The van der Waals surface area contributed by atoms with Gasteiger partial charge in [0, 0.05) is 12.1 Å². The fourth-order valence-corrected chi connectivity index (χ4v) is 1.80. The number of esters is 1. The molecule has 1 atom stereocenters. The molecule has 2 rings (SSSR count). The lowest BCUT2D eigenvalue weighted by atomic mass is 10.2. The van der Waals surface area contributed by atoms with Crippen molar-refractivity contribution in [3.8, 4) is 0 Å². The van der Waals surface area contributed by atoms with E-state index in [9.17, 15) is 19.7 Å². The lowest BCUT2D eigenvalue weighted by Gasteiger charge is -2.12. The topological polar surface area (TPSA) is 104 Å². The molecule has 0 N–H and O–H groups in total. The van der Waals surface area contributed by atoms with Crippen LogP contribution in [0.2, 0.25) is 0 Å². The number of methoxy groups -OCH3 is 1. The van der Waals surface area contributed by atoms with Gasteiger partial charge in [-0.2, -0.15) is 0 Å². The summed E-state index contributed by atoms with van der Waals surface area (Å²) in [6, 6.07) is 2.94. The van der Waals surface area contributed by atoms with Gasteiger partial charge in [-0.15, -0.1) is 0 Å². The molecule has 1 aromatic carbocycles. The molecule has 0 bridgehead atoms. The van der Waals surface area contributed by atoms with Gasteiger partial charge in [-0.25, -0.2) is 9.78 Å². The third-order valence-corrected chi connectivity index (χ3v) is 2.94. The summed E-state index contributed by atoms with van der Waals surface area (Å²) in [5.41, 5.74) is -0.400. The lowest BCUT2D eigenvalue weighted by molar-refractivity contribution is -0.384. The monoisotopic (exact) mass is 277 g/mol. The molecule has 2 aromatic rings. The van der Waals surface area contributed by atoms with Crippen molar-refractivity contribution in [1.29, 1.82) is 0 Å². The molecular weight excluding hydrogens is 266 g/mol. The summed E-state index contributed by atoms with van der Waals surface area (Å²) in [6.07, 6.45) is 1.18. The Bertz CT molecular complexity index is 752. The van der Waals surface area contributed by atoms with Gasteiger partial charge in [0.15, 0.2) is 0 Å². The van der Waals surface area contributed by atoms with Gasteiger partial charge in [0.25, 0.3) is 11.2 Å². The number of ether oxygens (including phenoxy) is 1. The number of hydrogen-bond donors (Lipinski definition) is 0. The fourth-order valence-electron chi connectivity index (χ4n) is 1.80. The highest BCUT2D eigenvalue weighted by molar-refractivity contribution is 5.80. The second kappa shape index (κ2) is 5.08. The molecule has 1 heterocycles. The Morgan fingerprint density at radius 3 is 2.80 bits per heavy atom. The maximum absolute atomic E-state index is 12.2. The van der Waals surface area contributed by atoms with Gasteiger partial charge in [0.2, 0.25) is 0 Å². The number of nitro groups is 1. The SMILES string of the molecule is COC(=O)C(C)n1cnc2cc([N+](=O)[O-])ccc2c1=O. The van der Waals surface area contributed by atoms with E-state index in [-0.39, 0.29) is 16.6 Å². The Morgan fingerprint density at radius 1 is 1.50 bits per heavy atom. The molecule has 0 aliphatic rings. The summed E-state index contributed by atoms with van der Waals surface area (Å²) < 4.78 is 5.69. The molecule has 0 saturated heterocycles. The van der Waals surface area contributed by atoms with Crippen LogP contribution in [0.25, 0.3) is 10.9 Å². The predicted molar refractivity (Wildman–Crippen MR) is 69.4 cm³/mol. The molecule has 0 fully saturated rings. The van der Waals surface area contributed by atoms with E-state index in [1.54, 1.807) is 0 Å². The van der Waals surface area contributed by atoms with Crippen molar-refractivity contribution in [2.75, 3.05) is 7.11 Å². The minimum absolute atomic E-state index is 0.150. The van der Waals surface area contributed by atoms with Gasteiger partial charge in [-0.1, -0.05) is 0 Å². The summed E-state index contributed by atoms with van der Waals surface area (Å²) >= 11 is 0. The van der Waals surface area contributed by atoms with Gasteiger partial charge >= 0.3 is 5.97 Å². The number of carbonyl (C=O) groups excluding carboxylic acids is 1. The van der Waals surface area contributed by atoms with Crippen LogP contribution in [0.3, 0.4) is 0 Å².